The van der Waals surface area contributed by atoms with Gasteiger partial charge in [-0.2, -0.15) is 0 Å². The van der Waals surface area contributed by atoms with E-state index >= 15 is 0 Å². The van der Waals surface area contributed by atoms with Gasteiger partial charge in [0.15, 0.2) is 0 Å². The van der Waals surface area contributed by atoms with Crippen molar-refractivity contribution in [2.75, 3.05) is 27.3 Å². The van der Waals surface area contributed by atoms with Crippen molar-refractivity contribution in [2.45, 2.75) is 26.4 Å². The summed E-state index contributed by atoms with van der Waals surface area (Å²) in [6.07, 6.45) is 5.49. The van der Waals surface area contributed by atoms with Crippen LogP contribution in [0.1, 0.15) is 29.7 Å². The Bertz CT molecular complexity index is 825. The van der Waals surface area contributed by atoms with Crippen molar-refractivity contribution >= 4 is 5.91 Å². The largest absolute Gasteiger partial charge is 0.497 e. The van der Waals surface area contributed by atoms with E-state index in [4.69, 9.17) is 15.9 Å². The number of benzene rings is 2. The van der Waals surface area contributed by atoms with Gasteiger partial charge in [-0.1, -0.05) is 35.7 Å². The molecule has 0 aliphatic rings. The van der Waals surface area contributed by atoms with E-state index in [1.54, 1.807) is 14.2 Å². The maximum atomic E-state index is 12.6. The van der Waals surface area contributed by atoms with E-state index in [1.807, 2.05) is 36.9 Å². The Balaban J connectivity index is 2.03. The van der Waals surface area contributed by atoms with Crippen LogP contribution in [-0.2, 0) is 11.3 Å². The van der Waals surface area contributed by atoms with Crippen LogP contribution in [0.15, 0.2) is 42.5 Å². The van der Waals surface area contributed by atoms with Crippen LogP contribution in [0.3, 0.4) is 0 Å². The van der Waals surface area contributed by atoms with E-state index in [9.17, 15) is 4.79 Å². The molecular formula is C23H28N2O3. The molecule has 0 fully saturated rings. The highest BCUT2D eigenvalue weighted by molar-refractivity contribution is 5.78. The van der Waals surface area contributed by atoms with E-state index in [0.29, 0.717) is 24.6 Å². The molecule has 0 heterocycles. The average Bonchev–Trinajstić information content (AvgIpc) is 2.69. The first-order valence-corrected chi connectivity index (χ1v) is 9.19. The molecule has 0 saturated carbocycles. The Morgan fingerprint density at radius 3 is 2.50 bits per heavy atom. The molecule has 0 saturated heterocycles. The van der Waals surface area contributed by atoms with Gasteiger partial charge in [0.2, 0.25) is 5.91 Å². The predicted molar refractivity (Wildman–Crippen MR) is 111 cm³/mol. The summed E-state index contributed by atoms with van der Waals surface area (Å²) in [5.41, 5.74) is 3.18. The normalized spacial score (nSPS) is 11.6. The van der Waals surface area contributed by atoms with Gasteiger partial charge >= 0.3 is 0 Å². The summed E-state index contributed by atoms with van der Waals surface area (Å²) >= 11 is 0. The summed E-state index contributed by atoms with van der Waals surface area (Å²) in [5.74, 6) is 3.95. The lowest BCUT2D eigenvalue weighted by Crippen LogP contribution is -2.38. The van der Waals surface area contributed by atoms with Gasteiger partial charge in [-0.15, -0.1) is 6.42 Å². The molecule has 28 heavy (non-hydrogen) atoms. The van der Waals surface area contributed by atoms with Crippen LogP contribution in [0.5, 0.6) is 11.5 Å². The molecule has 2 aromatic carbocycles. The highest BCUT2D eigenvalue weighted by Crippen LogP contribution is 2.29. The summed E-state index contributed by atoms with van der Waals surface area (Å²) in [7, 11) is 3.22. The molecule has 1 N–H and O–H groups in total. The Hall–Kier alpha value is -2.97. The Kier molecular flexibility index (Phi) is 7.91. The number of hydrogen-bond donors (Lipinski definition) is 1. The first-order valence-electron chi connectivity index (χ1n) is 9.19. The van der Waals surface area contributed by atoms with Crippen molar-refractivity contribution in [3.63, 3.8) is 0 Å². The molecule has 1 unspecified atom stereocenters. The average molecular weight is 380 g/mol. The number of ether oxygens (including phenoxy) is 2. The standard InChI is InChI=1S/C23H28N2O3/c1-6-13-25(15-19-9-7-17(2)8-10-19)16-23(26)24-18(3)21-14-20(27-4)11-12-22(21)28-5/h1,7-12,14,18H,13,15-16H2,2-5H3,(H,24,26). The number of nitrogens with one attached hydrogen (secondary N) is 1. The minimum atomic E-state index is -0.232. The first kappa shape index (κ1) is 21.3. The second-order valence-electron chi connectivity index (χ2n) is 6.73. The number of rotatable bonds is 9. The van der Waals surface area contributed by atoms with Gasteiger partial charge in [0.25, 0.3) is 0 Å². The van der Waals surface area contributed by atoms with Crippen LogP contribution in [0, 0.1) is 19.3 Å². The number of nitrogens with zero attached hydrogens (tertiary/aromatic N) is 1. The van der Waals surface area contributed by atoms with E-state index < -0.39 is 0 Å². The quantitative estimate of drug-likeness (QED) is 0.678. The minimum Gasteiger partial charge on any atom is -0.497 e. The molecule has 148 valence electrons. The number of methoxy groups -OCH3 is 2. The summed E-state index contributed by atoms with van der Waals surface area (Å²) in [6, 6.07) is 13.5. The first-order chi connectivity index (χ1) is 13.5. The van der Waals surface area contributed by atoms with Gasteiger partial charge in [-0.3, -0.25) is 9.69 Å². The highest BCUT2D eigenvalue weighted by atomic mass is 16.5. The van der Waals surface area contributed by atoms with Gasteiger partial charge in [0.1, 0.15) is 11.5 Å². The lowest BCUT2D eigenvalue weighted by atomic mass is 10.1. The van der Waals surface area contributed by atoms with Crippen molar-refractivity contribution < 1.29 is 14.3 Å². The van der Waals surface area contributed by atoms with Crippen molar-refractivity contribution in [2.24, 2.45) is 0 Å². The molecule has 0 aromatic heterocycles. The second kappa shape index (κ2) is 10.4. The lowest BCUT2D eigenvalue weighted by Gasteiger charge is -2.22. The second-order valence-corrected chi connectivity index (χ2v) is 6.73. The molecule has 1 amide bonds. The van der Waals surface area contributed by atoms with Crippen molar-refractivity contribution in [3.8, 4) is 23.8 Å². The fraction of sp³-hybridized carbons (Fsp3) is 0.348. The third-order valence-corrected chi connectivity index (χ3v) is 4.49. The SMILES string of the molecule is C#CCN(CC(=O)NC(C)c1cc(OC)ccc1OC)Cc1ccc(C)cc1. The molecule has 2 rings (SSSR count). The summed E-state index contributed by atoms with van der Waals surface area (Å²) in [5, 5.41) is 3.02. The monoisotopic (exact) mass is 380 g/mol. The van der Waals surface area contributed by atoms with Gasteiger partial charge < -0.3 is 14.8 Å². The number of aryl methyl sites for hydroxylation is 1. The lowest BCUT2D eigenvalue weighted by molar-refractivity contribution is -0.122. The van der Waals surface area contributed by atoms with E-state index in [0.717, 1.165) is 11.1 Å². The van der Waals surface area contributed by atoms with Gasteiger partial charge in [-0.05, 0) is 37.6 Å². The molecule has 0 radical (unpaired) electrons. The number of amides is 1. The van der Waals surface area contributed by atoms with Crippen LogP contribution >= 0.6 is 0 Å². The topological polar surface area (TPSA) is 50.8 Å². The fourth-order valence-corrected chi connectivity index (χ4v) is 2.99. The zero-order valence-electron chi connectivity index (χ0n) is 17.0. The molecule has 0 spiro atoms. The minimum absolute atomic E-state index is 0.0975. The van der Waals surface area contributed by atoms with Crippen molar-refractivity contribution in [1.29, 1.82) is 0 Å². The van der Waals surface area contributed by atoms with E-state index in [2.05, 4.69) is 35.5 Å². The molecule has 2 aromatic rings. The summed E-state index contributed by atoms with van der Waals surface area (Å²) < 4.78 is 10.7. The maximum absolute atomic E-state index is 12.6. The van der Waals surface area contributed by atoms with E-state index in [-0.39, 0.29) is 18.5 Å². The number of carbonyl (C=O) groups excluding carboxylic acids is 1. The maximum Gasteiger partial charge on any atom is 0.234 e. The Morgan fingerprint density at radius 2 is 1.89 bits per heavy atom. The van der Waals surface area contributed by atoms with Crippen LogP contribution in [0.25, 0.3) is 0 Å². The third kappa shape index (κ3) is 6.04. The molecule has 0 aliphatic carbocycles. The van der Waals surface area contributed by atoms with Crippen LogP contribution in [0.4, 0.5) is 0 Å². The van der Waals surface area contributed by atoms with E-state index in [1.165, 1.54) is 5.56 Å². The van der Waals surface area contributed by atoms with Crippen LogP contribution < -0.4 is 14.8 Å². The molecule has 0 bridgehead atoms. The van der Waals surface area contributed by atoms with Gasteiger partial charge in [0, 0.05) is 12.1 Å². The molecule has 5 heteroatoms. The zero-order valence-corrected chi connectivity index (χ0v) is 17.0. The molecule has 5 nitrogen and oxygen atoms in total. The number of terminal acetylenes is 1. The molecular weight excluding hydrogens is 352 g/mol. The smallest absolute Gasteiger partial charge is 0.234 e. The fourth-order valence-electron chi connectivity index (χ4n) is 2.99. The van der Waals surface area contributed by atoms with Gasteiger partial charge in [-0.25, -0.2) is 0 Å². The van der Waals surface area contributed by atoms with Crippen LogP contribution in [0.2, 0.25) is 0 Å². The predicted octanol–water partition coefficient (Wildman–Crippen LogP) is 3.32. The summed E-state index contributed by atoms with van der Waals surface area (Å²) in [6.45, 7) is 5.20. The molecule has 1 atom stereocenters. The molecule has 0 aliphatic heterocycles. The third-order valence-electron chi connectivity index (χ3n) is 4.49. The zero-order chi connectivity index (χ0) is 20.5. The Morgan fingerprint density at radius 1 is 1.18 bits per heavy atom. The van der Waals surface area contributed by atoms with Crippen LogP contribution in [-0.4, -0.2) is 38.1 Å². The van der Waals surface area contributed by atoms with Gasteiger partial charge in [0.05, 0.1) is 33.4 Å². The summed E-state index contributed by atoms with van der Waals surface area (Å²) in [4.78, 5) is 14.6. The Labute approximate surface area is 167 Å². The number of carbonyl (C=O) groups is 1. The van der Waals surface area contributed by atoms with Crippen molar-refractivity contribution in [3.05, 3.63) is 59.2 Å². The number of hydrogen-bond acceptors (Lipinski definition) is 4. The highest BCUT2D eigenvalue weighted by Gasteiger charge is 2.17. The van der Waals surface area contributed by atoms with Crippen molar-refractivity contribution in [1.82, 2.24) is 10.2 Å².